The topological polar surface area (TPSA) is 97.4 Å². The Morgan fingerprint density at radius 1 is 0.657 bits per heavy atom. The van der Waals surface area contributed by atoms with Crippen molar-refractivity contribution in [1.82, 2.24) is 0 Å². The molecule has 14 heteroatoms. The van der Waals surface area contributed by atoms with Gasteiger partial charge in [-0.2, -0.15) is 0 Å². The van der Waals surface area contributed by atoms with Crippen molar-refractivity contribution in [3.63, 3.8) is 0 Å². The predicted octanol–water partition coefficient (Wildman–Crippen LogP) is 7.85. The fourth-order valence-corrected chi connectivity index (χ4v) is 21.5. The van der Waals surface area contributed by atoms with E-state index in [1.807, 2.05) is 96.8 Å². The molecule has 0 bridgehead atoms. The lowest BCUT2D eigenvalue weighted by atomic mass is 10.2. The number of esters is 1. The molecule has 1 rings (SSSR count). The van der Waals surface area contributed by atoms with Crippen molar-refractivity contribution in [2.75, 3.05) is 0 Å². The third-order valence-electron chi connectivity index (χ3n) is 3.64. The quantitative estimate of drug-likeness (QED) is 0.129. The third kappa shape index (κ3) is 12.3. The van der Waals surface area contributed by atoms with E-state index in [1.54, 1.807) is 12.1 Å². The van der Waals surface area contributed by atoms with Crippen molar-refractivity contribution >= 4 is 54.4 Å². The van der Waals surface area contributed by atoms with Gasteiger partial charge < -0.3 is 21.6 Å². The molecule has 0 aliphatic rings. The highest BCUT2D eigenvalue weighted by atomic mass is 31.2. The molecule has 0 saturated carbocycles. The lowest BCUT2D eigenvalue weighted by Gasteiger charge is -2.40. The van der Waals surface area contributed by atoms with Crippen LogP contribution in [0.2, 0.25) is 78.6 Å². The monoisotopic (exact) mass is 598 g/mol. The summed E-state index contributed by atoms with van der Waals surface area (Å²) in [7, 11) is -19.0. The SMILES string of the molecule is C[Si](C)(C)OP(=O)(O[Si](C)(C)C)C(C(=O)OCc1ccccc1)P(=O)(O[Si](C)(C)C)O[Si](C)(C)C. The minimum Gasteiger partial charge on any atom is -0.460 e. The van der Waals surface area contributed by atoms with Gasteiger partial charge in [-0.15, -0.1) is 0 Å². The summed E-state index contributed by atoms with van der Waals surface area (Å²) in [5.74, 6) is -0.964. The summed E-state index contributed by atoms with van der Waals surface area (Å²) < 4.78 is 59.3. The van der Waals surface area contributed by atoms with Crippen LogP contribution in [-0.2, 0) is 42.1 Å². The zero-order chi connectivity index (χ0) is 27.5. The van der Waals surface area contributed by atoms with Crippen LogP contribution in [0.4, 0.5) is 0 Å². The molecule has 0 aromatic heterocycles. The van der Waals surface area contributed by atoms with Gasteiger partial charge in [0, 0.05) is 0 Å². The summed E-state index contributed by atoms with van der Waals surface area (Å²) in [5, 5.41) is -1.84. The van der Waals surface area contributed by atoms with Crippen LogP contribution in [0.5, 0.6) is 0 Å². The second-order valence-corrected chi connectivity index (χ2v) is 35.8. The number of hydrogen-bond acceptors (Lipinski definition) is 8. The van der Waals surface area contributed by atoms with Crippen LogP contribution in [0.1, 0.15) is 5.56 Å². The largest absolute Gasteiger partial charge is 0.460 e. The second kappa shape index (κ2) is 11.7. The molecule has 0 heterocycles. The van der Waals surface area contributed by atoms with Crippen molar-refractivity contribution in [2.24, 2.45) is 0 Å². The fraction of sp³-hybridized carbons (Fsp3) is 0.667. The Kier molecular flexibility index (Phi) is 11.0. The first-order valence-electron chi connectivity index (χ1n) is 11.7. The van der Waals surface area contributed by atoms with Crippen LogP contribution in [0.3, 0.4) is 0 Å². The molecule has 1 aromatic carbocycles. The van der Waals surface area contributed by atoms with Gasteiger partial charge >= 0.3 is 21.2 Å². The van der Waals surface area contributed by atoms with Crippen LogP contribution in [0.15, 0.2) is 30.3 Å². The van der Waals surface area contributed by atoms with E-state index in [1.165, 1.54) is 0 Å². The van der Waals surface area contributed by atoms with Crippen molar-refractivity contribution in [3.8, 4) is 0 Å². The van der Waals surface area contributed by atoms with Crippen molar-refractivity contribution in [3.05, 3.63) is 35.9 Å². The maximum Gasteiger partial charge on any atom is 0.337 e. The number of benzene rings is 1. The summed E-state index contributed by atoms with van der Waals surface area (Å²) in [4.78, 5) is 13.7. The molecule has 0 amide bonds. The average Bonchev–Trinajstić information content (AvgIpc) is 2.53. The smallest absolute Gasteiger partial charge is 0.337 e. The fourth-order valence-electron chi connectivity index (χ4n) is 3.00. The number of rotatable bonds is 13. The van der Waals surface area contributed by atoms with Crippen molar-refractivity contribution < 1.29 is 35.5 Å². The van der Waals surface area contributed by atoms with Crippen LogP contribution >= 0.6 is 15.2 Å². The van der Waals surface area contributed by atoms with Crippen LogP contribution in [0.25, 0.3) is 0 Å². The number of hydrogen-bond donors (Lipinski definition) is 0. The van der Waals surface area contributed by atoms with E-state index in [9.17, 15) is 13.9 Å². The minimum atomic E-state index is -4.36. The molecule has 202 valence electrons. The van der Waals surface area contributed by atoms with Gasteiger partial charge in [0.2, 0.25) is 0 Å². The number of carbonyl (C=O) groups is 1. The maximum absolute atomic E-state index is 14.6. The number of ether oxygens (including phenoxy) is 1. The summed E-state index contributed by atoms with van der Waals surface area (Å²) >= 11 is 0. The van der Waals surface area contributed by atoms with Crippen LogP contribution in [0, 0.1) is 0 Å². The average molecular weight is 599 g/mol. The highest BCUT2D eigenvalue weighted by molar-refractivity contribution is 7.76. The summed E-state index contributed by atoms with van der Waals surface area (Å²) in [5.41, 5.74) is 0.735. The van der Waals surface area contributed by atoms with E-state index in [0.717, 1.165) is 5.56 Å². The molecule has 0 N–H and O–H groups in total. The van der Waals surface area contributed by atoms with E-state index in [2.05, 4.69) is 0 Å². The zero-order valence-electron chi connectivity index (χ0n) is 23.3. The lowest BCUT2D eigenvalue weighted by Crippen LogP contribution is -2.40. The van der Waals surface area contributed by atoms with Gasteiger partial charge in [0.25, 0.3) is 5.40 Å². The van der Waals surface area contributed by atoms with Gasteiger partial charge in [0.15, 0.2) is 33.3 Å². The Morgan fingerprint density at radius 2 is 0.971 bits per heavy atom. The lowest BCUT2D eigenvalue weighted by molar-refractivity contribution is -0.143. The molecule has 8 nitrogen and oxygen atoms in total. The first-order valence-corrected chi connectivity index (χ1v) is 28.5. The predicted molar refractivity (Wildman–Crippen MR) is 153 cm³/mol. The molecule has 1 aromatic rings. The van der Waals surface area contributed by atoms with E-state index < -0.39 is 59.8 Å². The Hall–Kier alpha value is -0.142. The van der Waals surface area contributed by atoms with E-state index in [0.29, 0.717) is 0 Å². The number of carbonyl (C=O) groups excluding carboxylic acids is 1. The standard InChI is InChI=1S/C21H44O8P2Si4/c1-32(2,3)26-30(23,27-33(4,5)6)21(20(22)25-18-19-16-14-13-15-17-19)31(24,28-34(7,8)9)29-35(10,11)12/h13-17,21H,18H2,1-12H3. The van der Waals surface area contributed by atoms with Gasteiger partial charge in [-0.05, 0) is 84.1 Å². The molecule has 0 radical (unpaired) electrons. The molecule has 0 atom stereocenters. The van der Waals surface area contributed by atoms with Crippen LogP contribution < -0.4 is 0 Å². The Balaban J connectivity index is 3.75. The Bertz CT molecular complexity index is 857. The summed E-state index contributed by atoms with van der Waals surface area (Å²) in [6.45, 7) is 22.0. The third-order valence-corrected chi connectivity index (χ3v) is 19.8. The highest BCUT2D eigenvalue weighted by Crippen LogP contribution is 2.73. The van der Waals surface area contributed by atoms with Crippen LogP contribution in [-0.4, -0.2) is 44.6 Å². The highest BCUT2D eigenvalue weighted by Gasteiger charge is 2.61. The minimum absolute atomic E-state index is 0.0873. The summed E-state index contributed by atoms with van der Waals surface area (Å²) in [6.07, 6.45) is 0. The van der Waals surface area contributed by atoms with Gasteiger partial charge in [-0.25, -0.2) is 0 Å². The summed E-state index contributed by atoms with van der Waals surface area (Å²) in [6, 6.07) is 9.10. The molecule has 35 heavy (non-hydrogen) atoms. The molecule has 0 unspecified atom stereocenters. The first kappa shape index (κ1) is 32.9. The van der Waals surface area contributed by atoms with Crippen molar-refractivity contribution in [2.45, 2.75) is 90.6 Å². The van der Waals surface area contributed by atoms with Crippen molar-refractivity contribution in [1.29, 1.82) is 0 Å². The molecular formula is C21H44O8P2Si4. The molecule has 0 fully saturated rings. The van der Waals surface area contributed by atoms with Gasteiger partial charge in [-0.1, -0.05) is 30.3 Å². The van der Waals surface area contributed by atoms with Gasteiger partial charge in [-0.3, -0.25) is 13.9 Å². The Morgan fingerprint density at radius 3 is 1.26 bits per heavy atom. The molecule has 0 aliphatic heterocycles. The zero-order valence-corrected chi connectivity index (χ0v) is 29.1. The molecule has 0 saturated heterocycles. The first-order chi connectivity index (χ1) is 15.4. The second-order valence-electron chi connectivity index (χ2n) is 12.4. The van der Waals surface area contributed by atoms with Gasteiger partial charge in [0.1, 0.15) is 6.61 Å². The normalized spacial score (nSPS) is 14.3. The molecular weight excluding hydrogens is 555 g/mol. The molecule has 0 aliphatic carbocycles. The van der Waals surface area contributed by atoms with Gasteiger partial charge in [0.05, 0.1) is 0 Å². The molecule has 0 spiro atoms. The van der Waals surface area contributed by atoms with E-state index in [4.69, 9.17) is 21.6 Å². The van der Waals surface area contributed by atoms with E-state index in [-0.39, 0.29) is 6.61 Å². The maximum atomic E-state index is 14.6. The van der Waals surface area contributed by atoms with E-state index >= 15 is 0 Å². The Labute approximate surface area is 216 Å².